The highest BCUT2D eigenvalue weighted by Crippen LogP contribution is 2.25. The fourth-order valence-corrected chi connectivity index (χ4v) is 3.23. The van der Waals surface area contributed by atoms with Crippen molar-refractivity contribution in [3.05, 3.63) is 83.7 Å². The Morgan fingerprint density at radius 3 is 2.45 bits per heavy atom. The van der Waals surface area contributed by atoms with Gasteiger partial charge in [0.05, 0.1) is 29.8 Å². The minimum Gasteiger partial charge on any atom is -0.497 e. The zero-order chi connectivity index (χ0) is 20.4. The number of ether oxygens (including phenoxy) is 1. The summed E-state index contributed by atoms with van der Waals surface area (Å²) in [6.07, 6.45) is 0. The normalized spacial score (nSPS) is 10.5. The van der Waals surface area contributed by atoms with Gasteiger partial charge in [-0.05, 0) is 67.6 Å². The number of methoxy groups -OCH3 is 1. The van der Waals surface area contributed by atoms with Crippen LogP contribution in [0.5, 0.6) is 5.75 Å². The highest BCUT2D eigenvalue weighted by atomic mass is 16.5. The van der Waals surface area contributed by atoms with E-state index in [0.29, 0.717) is 16.8 Å². The number of nitrogens with one attached hydrogen (secondary N) is 1. The number of carbonyl (C=O) groups excluding carboxylic acids is 1. The predicted octanol–water partition coefficient (Wildman–Crippen LogP) is 4.47. The van der Waals surface area contributed by atoms with E-state index in [1.165, 1.54) is 0 Å². The van der Waals surface area contributed by atoms with Crippen LogP contribution in [0.15, 0.2) is 66.7 Å². The molecule has 4 aromatic rings. The third-order valence-corrected chi connectivity index (χ3v) is 4.69. The van der Waals surface area contributed by atoms with Crippen LogP contribution in [0.2, 0.25) is 0 Å². The summed E-state index contributed by atoms with van der Waals surface area (Å²) in [5, 5.41) is 11.7. The molecule has 4 rings (SSSR count). The van der Waals surface area contributed by atoms with Gasteiger partial charge in [0.2, 0.25) is 0 Å². The van der Waals surface area contributed by atoms with Gasteiger partial charge in [0, 0.05) is 23.0 Å². The largest absolute Gasteiger partial charge is 0.497 e. The first-order valence-corrected chi connectivity index (χ1v) is 9.04. The number of aryl methyl sites for hydroxylation is 1. The number of nitriles is 1. The van der Waals surface area contributed by atoms with Crippen LogP contribution in [-0.4, -0.2) is 22.6 Å². The standard InChI is InChI=1S/C23H18N4O2/c1-15-25-21-13-20(29-2)11-12-22(21)27(15)19-9-7-18(8-10-19)26-23(28)17-5-3-16(14-24)4-6-17/h3-13H,1-2H3,(H,26,28). The quantitative estimate of drug-likeness (QED) is 0.565. The van der Waals surface area contributed by atoms with E-state index in [2.05, 4.69) is 14.9 Å². The third kappa shape index (κ3) is 3.54. The second-order valence-electron chi connectivity index (χ2n) is 6.54. The fourth-order valence-electron chi connectivity index (χ4n) is 3.23. The lowest BCUT2D eigenvalue weighted by molar-refractivity contribution is 0.102. The lowest BCUT2D eigenvalue weighted by Crippen LogP contribution is -2.11. The first-order chi connectivity index (χ1) is 14.1. The Balaban J connectivity index is 1.58. The summed E-state index contributed by atoms with van der Waals surface area (Å²) < 4.78 is 7.33. The monoisotopic (exact) mass is 382 g/mol. The second-order valence-corrected chi connectivity index (χ2v) is 6.54. The molecule has 0 fully saturated rings. The van der Waals surface area contributed by atoms with Gasteiger partial charge in [-0.15, -0.1) is 0 Å². The number of hydrogen-bond donors (Lipinski definition) is 1. The zero-order valence-electron chi connectivity index (χ0n) is 16.0. The molecule has 1 aromatic heterocycles. The van der Waals surface area contributed by atoms with E-state index in [4.69, 9.17) is 10.00 Å². The topological polar surface area (TPSA) is 79.9 Å². The zero-order valence-corrected chi connectivity index (χ0v) is 16.0. The Bertz CT molecular complexity index is 1230. The minimum absolute atomic E-state index is 0.224. The molecule has 0 atom stereocenters. The average molecular weight is 382 g/mol. The summed E-state index contributed by atoms with van der Waals surface area (Å²) in [4.78, 5) is 17.0. The van der Waals surface area contributed by atoms with Gasteiger partial charge in [-0.1, -0.05) is 0 Å². The van der Waals surface area contributed by atoms with Gasteiger partial charge in [0.25, 0.3) is 5.91 Å². The van der Waals surface area contributed by atoms with Crippen LogP contribution in [0.3, 0.4) is 0 Å². The SMILES string of the molecule is COc1ccc2c(c1)nc(C)n2-c1ccc(NC(=O)c2ccc(C#N)cc2)cc1. The smallest absolute Gasteiger partial charge is 0.255 e. The number of aromatic nitrogens is 2. The highest BCUT2D eigenvalue weighted by Gasteiger charge is 2.11. The highest BCUT2D eigenvalue weighted by molar-refractivity contribution is 6.04. The lowest BCUT2D eigenvalue weighted by atomic mass is 10.1. The average Bonchev–Trinajstić information content (AvgIpc) is 3.09. The van der Waals surface area contributed by atoms with Gasteiger partial charge in [-0.3, -0.25) is 9.36 Å². The Morgan fingerprint density at radius 2 is 1.79 bits per heavy atom. The number of amides is 1. The molecule has 0 saturated carbocycles. The van der Waals surface area contributed by atoms with Gasteiger partial charge < -0.3 is 10.1 Å². The molecule has 0 bridgehead atoms. The lowest BCUT2D eigenvalue weighted by Gasteiger charge is -2.10. The van der Waals surface area contributed by atoms with E-state index in [9.17, 15) is 4.79 Å². The van der Waals surface area contributed by atoms with Crippen molar-refractivity contribution in [2.24, 2.45) is 0 Å². The minimum atomic E-state index is -0.224. The molecule has 0 aliphatic rings. The maximum atomic E-state index is 12.4. The van der Waals surface area contributed by atoms with Crippen LogP contribution >= 0.6 is 0 Å². The molecule has 1 amide bonds. The molecule has 0 unspecified atom stereocenters. The van der Waals surface area contributed by atoms with Crippen molar-refractivity contribution in [3.8, 4) is 17.5 Å². The van der Waals surface area contributed by atoms with E-state index in [1.54, 1.807) is 31.4 Å². The fraction of sp³-hybridized carbons (Fsp3) is 0.0870. The van der Waals surface area contributed by atoms with Gasteiger partial charge in [0.15, 0.2) is 0 Å². The van der Waals surface area contributed by atoms with Crippen molar-refractivity contribution in [2.45, 2.75) is 6.92 Å². The van der Waals surface area contributed by atoms with Crippen molar-refractivity contribution in [2.75, 3.05) is 12.4 Å². The summed E-state index contributed by atoms with van der Waals surface area (Å²) >= 11 is 0. The summed E-state index contributed by atoms with van der Waals surface area (Å²) in [7, 11) is 1.63. The maximum absolute atomic E-state index is 12.4. The van der Waals surface area contributed by atoms with Crippen molar-refractivity contribution in [3.63, 3.8) is 0 Å². The molecule has 142 valence electrons. The van der Waals surface area contributed by atoms with Crippen LogP contribution < -0.4 is 10.1 Å². The maximum Gasteiger partial charge on any atom is 0.255 e. The summed E-state index contributed by atoms with van der Waals surface area (Å²) in [5.41, 5.74) is 4.50. The molecular formula is C23H18N4O2. The van der Waals surface area contributed by atoms with Gasteiger partial charge in [-0.25, -0.2) is 4.98 Å². The number of anilines is 1. The van der Waals surface area contributed by atoms with Gasteiger partial charge in [0.1, 0.15) is 11.6 Å². The number of imidazole rings is 1. The second kappa shape index (κ2) is 7.49. The molecule has 0 spiro atoms. The first kappa shape index (κ1) is 18.3. The molecule has 0 aliphatic heterocycles. The Kier molecular flexibility index (Phi) is 4.71. The summed E-state index contributed by atoms with van der Waals surface area (Å²) in [6, 6.07) is 21.9. The van der Waals surface area contributed by atoms with Crippen molar-refractivity contribution < 1.29 is 9.53 Å². The molecule has 0 radical (unpaired) electrons. The molecule has 3 aromatic carbocycles. The van der Waals surface area contributed by atoms with Crippen molar-refractivity contribution >= 4 is 22.6 Å². The Labute approximate surface area is 168 Å². The van der Waals surface area contributed by atoms with Crippen LogP contribution in [0, 0.1) is 18.3 Å². The summed E-state index contributed by atoms with van der Waals surface area (Å²) in [6.45, 7) is 1.95. The molecule has 6 nitrogen and oxygen atoms in total. The molecule has 1 heterocycles. The van der Waals surface area contributed by atoms with E-state index in [-0.39, 0.29) is 5.91 Å². The van der Waals surface area contributed by atoms with Crippen LogP contribution in [0.25, 0.3) is 16.7 Å². The first-order valence-electron chi connectivity index (χ1n) is 9.04. The Hall–Kier alpha value is -4.11. The molecule has 29 heavy (non-hydrogen) atoms. The van der Waals surface area contributed by atoms with E-state index >= 15 is 0 Å². The van der Waals surface area contributed by atoms with Crippen molar-refractivity contribution in [1.82, 2.24) is 9.55 Å². The number of benzene rings is 3. The third-order valence-electron chi connectivity index (χ3n) is 4.69. The number of nitrogens with zero attached hydrogens (tertiary/aromatic N) is 3. The number of rotatable bonds is 4. The summed E-state index contributed by atoms with van der Waals surface area (Å²) in [5.74, 6) is 1.41. The molecular weight excluding hydrogens is 364 g/mol. The predicted molar refractivity (Wildman–Crippen MR) is 111 cm³/mol. The molecule has 1 N–H and O–H groups in total. The van der Waals surface area contributed by atoms with Crippen LogP contribution in [-0.2, 0) is 0 Å². The number of fused-ring (bicyclic) bond motifs is 1. The van der Waals surface area contributed by atoms with Crippen LogP contribution in [0.1, 0.15) is 21.7 Å². The van der Waals surface area contributed by atoms with Crippen molar-refractivity contribution in [1.29, 1.82) is 5.26 Å². The molecule has 0 aliphatic carbocycles. The van der Waals surface area contributed by atoms with Crippen LogP contribution in [0.4, 0.5) is 5.69 Å². The van der Waals surface area contributed by atoms with Gasteiger partial charge >= 0.3 is 0 Å². The molecule has 6 heteroatoms. The van der Waals surface area contributed by atoms with E-state index in [0.717, 1.165) is 28.3 Å². The Morgan fingerprint density at radius 1 is 1.07 bits per heavy atom. The number of hydrogen-bond acceptors (Lipinski definition) is 4. The van der Waals surface area contributed by atoms with Gasteiger partial charge in [-0.2, -0.15) is 5.26 Å². The van der Waals surface area contributed by atoms with E-state index in [1.807, 2.05) is 55.5 Å². The number of carbonyl (C=O) groups is 1. The van der Waals surface area contributed by atoms with E-state index < -0.39 is 0 Å². The molecule has 0 saturated heterocycles.